The molecule has 1 rings (SSSR count). The second-order valence-electron chi connectivity index (χ2n) is 4.49. The molecule has 0 heterocycles. The Balaban J connectivity index is 0.00000400. The van der Waals surface area contributed by atoms with E-state index in [4.69, 9.17) is 4.74 Å². The zero-order valence-corrected chi connectivity index (χ0v) is 15.2. The number of aryl methyl sites for hydroxylation is 1. The fraction of sp³-hybridized carbons (Fsp3) is 0.533. The molecule has 21 heavy (non-hydrogen) atoms. The van der Waals surface area contributed by atoms with Crippen LogP contribution in [0.15, 0.2) is 23.2 Å². The molecular formula is C15H25FIN3O. The maximum Gasteiger partial charge on any atom is 0.191 e. The van der Waals surface area contributed by atoms with Gasteiger partial charge >= 0.3 is 0 Å². The van der Waals surface area contributed by atoms with E-state index in [1.165, 1.54) is 6.07 Å². The van der Waals surface area contributed by atoms with Crippen LogP contribution in [0.2, 0.25) is 0 Å². The molecule has 0 aliphatic heterocycles. The van der Waals surface area contributed by atoms with Crippen molar-refractivity contribution in [2.24, 2.45) is 4.99 Å². The standard InChI is InChI=1S/C15H24FN3O.HI/c1-4-20-9-5-8-18-15(17-3)19-11-13-6-7-14(16)12(2)10-13;/h6-7,10H,4-5,8-9,11H2,1-3H3,(H2,17,18,19);1H. The Labute approximate surface area is 143 Å². The average Bonchev–Trinajstić information content (AvgIpc) is 2.45. The van der Waals surface area contributed by atoms with E-state index in [1.807, 2.05) is 13.0 Å². The molecule has 0 spiro atoms. The zero-order chi connectivity index (χ0) is 14.8. The number of aliphatic imine (C=N–C) groups is 1. The molecule has 0 saturated heterocycles. The third-order valence-corrected chi connectivity index (χ3v) is 2.87. The molecule has 120 valence electrons. The number of nitrogens with one attached hydrogen (secondary N) is 2. The quantitative estimate of drug-likeness (QED) is 0.315. The first-order chi connectivity index (χ1) is 9.67. The minimum atomic E-state index is -0.174. The summed E-state index contributed by atoms with van der Waals surface area (Å²) in [6.45, 7) is 6.67. The van der Waals surface area contributed by atoms with Crippen molar-refractivity contribution in [2.75, 3.05) is 26.8 Å². The molecule has 0 radical (unpaired) electrons. The summed E-state index contributed by atoms with van der Waals surface area (Å²) < 4.78 is 18.4. The summed E-state index contributed by atoms with van der Waals surface area (Å²) in [4.78, 5) is 4.14. The van der Waals surface area contributed by atoms with Crippen LogP contribution in [-0.4, -0.2) is 32.8 Å². The first kappa shape index (κ1) is 20.1. The fourth-order valence-electron chi connectivity index (χ4n) is 1.75. The van der Waals surface area contributed by atoms with E-state index in [9.17, 15) is 4.39 Å². The van der Waals surface area contributed by atoms with E-state index in [1.54, 1.807) is 20.0 Å². The van der Waals surface area contributed by atoms with Gasteiger partial charge in [-0.05, 0) is 37.5 Å². The van der Waals surface area contributed by atoms with Gasteiger partial charge in [0.25, 0.3) is 0 Å². The van der Waals surface area contributed by atoms with Crippen LogP contribution in [0.1, 0.15) is 24.5 Å². The third-order valence-electron chi connectivity index (χ3n) is 2.87. The van der Waals surface area contributed by atoms with Gasteiger partial charge in [0.15, 0.2) is 5.96 Å². The molecule has 0 fully saturated rings. The van der Waals surface area contributed by atoms with Crippen LogP contribution in [0.3, 0.4) is 0 Å². The molecule has 0 unspecified atom stereocenters. The summed E-state index contributed by atoms with van der Waals surface area (Å²) in [6.07, 6.45) is 0.935. The SMILES string of the molecule is CCOCCCNC(=NC)NCc1ccc(F)c(C)c1.I. The second-order valence-corrected chi connectivity index (χ2v) is 4.49. The van der Waals surface area contributed by atoms with Crippen molar-refractivity contribution in [3.63, 3.8) is 0 Å². The average molecular weight is 409 g/mol. The summed E-state index contributed by atoms with van der Waals surface area (Å²) in [5.41, 5.74) is 1.69. The first-order valence-corrected chi connectivity index (χ1v) is 6.94. The molecule has 0 aliphatic carbocycles. The second kappa shape index (κ2) is 11.7. The topological polar surface area (TPSA) is 45.6 Å². The number of hydrogen-bond acceptors (Lipinski definition) is 2. The normalized spacial score (nSPS) is 11.0. The Morgan fingerprint density at radius 2 is 2.10 bits per heavy atom. The van der Waals surface area contributed by atoms with Gasteiger partial charge in [0, 0.05) is 33.4 Å². The minimum Gasteiger partial charge on any atom is -0.382 e. The lowest BCUT2D eigenvalue weighted by atomic mass is 10.1. The van der Waals surface area contributed by atoms with Crippen LogP contribution < -0.4 is 10.6 Å². The summed E-state index contributed by atoms with van der Waals surface area (Å²) in [5.74, 6) is 0.565. The Hall–Kier alpha value is -0.890. The van der Waals surface area contributed by atoms with Crippen molar-refractivity contribution >= 4 is 29.9 Å². The van der Waals surface area contributed by atoms with Crippen molar-refractivity contribution in [1.82, 2.24) is 10.6 Å². The molecule has 4 nitrogen and oxygen atoms in total. The van der Waals surface area contributed by atoms with E-state index in [2.05, 4.69) is 15.6 Å². The molecule has 0 saturated carbocycles. The molecule has 0 amide bonds. The van der Waals surface area contributed by atoms with Gasteiger partial charge in [-0.1, -0.05) is 12.1 Å². The molecule has 0 bridgehead atoms. The van der Waals surface area contributed by atoms with Crippen LogP contribution in [0, 0.1) is 12.7 Å². The summed E-state index contributed by atoms with van der Waals surface area (Å²) in [5, 5.41) is 6.41. The minimum absolute atomic E-state index is 0. The number of rotatable bonds is 7. The number of hydrogen-bond donors (Lipinski definition) is 2. The number of nitrogens with zero attached hydrogens (tertiary/aromatic N) is 1. The van der Waals surface area contributed by atoms with Crippen molar-refractivity contribution in [2.45, 2.75) is 26.8 Å². The maximum atomic E-state index is 13.2. The van der Waals surface area contributed by atoms with Crippen LogP contribution in [0.5, 0.6) is 0 Å². The fourth-order valence-corrected chi connectivity index (χ4v) is 1.75. The van der Waals surface area contributed by atoms with E-state index in [-0.39, 0.29) is 29.8 Å². The van der Waals surface area contributed by atoms with Gasteiger partial charge in [-0.15, -0.1) is 24.0 Å². The lowest BCUT2D eigenvalue weighted by Crippen LogP contribution is -2.37. The summed E-state index contributed by atoms with van der Waals surface area (Å²) in [6, 6.07) is 5.10. The van der Waals surface area contributed by atoms with E-state index < -0.39 is 0 Å². The van der Waals surface area contributed by atoms with E-state index in [0.717, 1.165) is 37.7 Å². The third kappa shape index (κ3) is 8.21. The highest BCUT2D eigenvalue weighted by molar-refractivity contribution is 14.0. The van der Waals surface area contributed by atoms with Gasteiger partial charge in [-0.2, -0.15) is 0 Å². The molecule has 1 aromatic rings. The zero-order valence-electron chi connectivity index (χ0n) is 12.9. The highest BCUT2D eigenvalue weighted by atomic mass is 127. The predicted octanol–water partition coefficient (Wildman–Crippen LogP) is 2.84. The Morgan fingerprint density at radius 3 is 2.71 bits per heavy atom. The number of ether oxygens (including phenoxy) is 1. The van der Waals surface area contributed by atoms with Gasteiger partial charge in [0.2, 0.25) is 0 Å². The molecular weight excluding hydrogens is 384 g/mol. The molecule has 0 aliphatic rings. The molecule has 2 N–H and O–H groups in total. The summed E-state index contributed by atoms with van der Waals surface area (Å²) >= 11 is 0. The number of halogens is 2. The maximum absolute atomic E-state index is 13.2. The first-order valence-electron chi connectivity index (χ1n) is 6.94. The van der Waals surface area contributed by atoms with Crippen LogP contribution in [-0.2, 0) is 11.3 Å². The number of guanidine groups is 1. The smallest absolute Gasteiger partial charge is 0.191 e. The predicted molar refractivity (Wildman–Crippen MR) is 95.9 cm³/mol. The van der Waals surface area contributed by atoms with Gasteiger partial charge < -0.3 is 15.4 Å². The lowest BCUT2D eigenvalue weighted by Gasteiger charge is -2.12. The van der Waals surface area contributed by atoms with E-state index >= 15 is 0 Å². The molecule has 6 heteroatoms. The molecule has 1 aromatic carbocycles. The van der Waals surface area contributed by atoms with Gasteiger partial charge in [0.05, 0.1) is 0 Å². The van der Waals surface area contributed by atoms with Crippen molar-refractivity contribution in [3.8, 4) is 0 Å². The van der Waals surface area contributed by atoms with Gasteiger partial charge in [-0.25, -0.2) is 4.39 Å². The lowest BCUT2D eigenvalue weighted by molar-refractivity contribution is 0.145. The Bertz CT molecular complexity index is 441. The van der Waals surface area contributed by atoms with Crippen molar-refractivity contribution in [3.05, 3.63) is 35.1 Å². The van der Waals surface area contributed by atoms with Crippen molar-refractivity contribution in [1.29, 1.82) is 0 Å². The largest absolute Gasteiger partial charge is 0.382 e. The van der Waals surface area contributed by atoms with Crippen molar-refractivity contribution < 1.29 is 9.13 Å². The van der Waals surface area contributed by atoms with Crippen LogP contribution >= 0.6 is 24.0 Å². The number of benzene rings is 1. The van der Waals surface area contributed by atoms with Crippen LogP contribution in [0.25, 0.3) is 0 Å². The Morgan fingerprint density at radius 1 is 1.33 bits per heavy atom. The Kier molecular flexibility index (Phi) is 11.2. The highest BCUT2D eigenvalue weighted by Gasteiger charge is 2.01. The van der Waals surface area contributed by atoms with Crippen LogP contribution in [0.4, 0.5) is 4.39 Å². The summed E-state index contributed by atoms with van der Waals surface area (Å²) in [7, 11) is 1.73. The molecule has 0 atom stereocenters. The van der Waals surface area contributed by atoms with E-state index in [0.29, 0.717) is 12.1 Å². The molecule has 0 aromatic heterocycles. The highest BCUT2D eigenvalue weighted by Crippen LogP contribution is 2.08. The van der Waals surface area contributed by atoms with Gasteiger partial charge in [-0.3, -0.25) is 4.99 Å². The van der Waals surface area contributed by atoms with Gasteiger partial charge in [0.1, 0.15) is 5.82 Å². The monoisotopic (exact) mass is 409 g/mol.